The van der Waals surface area contributed by atoms with Crippen molar-refractivity contribution < 1.29 is 5.71 Å². The molecule has 0 saturated carbocycles. The van der Waals surface area contributed by atoms with Crippen molar-refractivity contribution in [1.29, 1.82) is 0 Å². The second kappa shape index (κ2) is 51.6. The maximum atomic E-state index is 5.81. The summed E-state index contributed by atoms with van der Waals surface area (Å²) in [4.78, 5) is 0. The topological polar surface area (TPSA) is 0 Å². The van der Waals surface area contributed by atoms with Gasteiger partial charge >= 0.3 is 71.6 Å². The van der Waals surface area contributed by atoms with Crippen LogP contribution in [0.1, 0.15) is 5.71 Å². The van der Waals surface area contributed by atoms with Crippen molar-refractivity contribution in [2.75, 3.05) is 35.3 Å². The number of hydrogen-bond acceptors (Lipinski definition) is 0. The Labute approximate surface area is 474 Å². The monoisotopic (exact) mass is 1320 g/mol. The third kappa shape index (κ3) is 94.3. The van der Waals surface area contributed by atoms with Gasteiger partial charge in [-0.2, -0.15) is 0 Å². The molecular formula is C24H42Cl22Mg2Si6. The quantitative estimate of drug-likeness (QED) is 0.0885. The van der Waals surface area contributed by atoms with Gasteiger partial charge in [0.15, 0.2) is 0 Å². The van der Waals surface area contributed by atoms with Crippen LogP contribution >= 0.6 is 247 Å². The molecular weight excluding hydrogens is 1290 g/mol. The van der Waals surface area contributed by atoms with Crippen LogP contribution in [0.4, 0.5) is 0 Å². The van der Waals surface area contributed by atoms with Crippen molar-refractivity contribution >= 4 is 332 Å². The van der Waals surface area contributed by atoms with Gasteiger partial charge < -0.3 is 5.71 Å². The summed E-state index contributed by atoms with van der Waals surface area (Å²) in [5, 5.41) is 0. The summed E-state index contributed by atoms with van der Waals surface area (Å²) in [6, 6.07) is -0.220. The fraction of sp³-hybridized carbons (Fsp3) is 0.500. The second-order valence-corrected chi connectivity index (χ2v) is 56.8. The first-order valence-electron chi connectivity index (χ1n) is 13.6. The summed E-state index contributed by atoms with van der Waals surface area (Å²) in [5.74, 6) is 2.93. The third-order valence-corrected chi connectivity index (χ3v) is 17.0. The van der Waals surface area contributed by atoms with Crippen LogP contribution in [0.25, 0.3) is 0 Å². The molecule has 54 heavy (non-hydrogen) atoms. The maximum Gasteiger partial charge on any atom is 2.00 e. The molecule has 30 heteroatoms. The van der Waals surface area contributed by atoms with E-state index in [1.807, 2.05) is 12.2 Å². The van der Waals surface area contributed by atoms with Crippen LogP contribution in [-0.2, 0) is 0 Å². The van der Waals surface area contributed by atoms with Gasteiger partial charge in [-0.05, 0) is 29.7 Å². The van der Waals surface area contributed by atoms with Crippen LogP contribution in [0, 0.1) is 0 Å². The molecule has 0 aliphatic carbocycles. The van der Waals surface area contributed by atoms with Crippen LogP contribution in [0.2, 0.25) is 36.3 Å². The average Bonchev–Trinajstić information content (AvgIpc) is 3.38. The molecule has 0 nitrogen and oxygen atoms in total. The first-order valence-corrected chi connectivity index (χ1v) is 46.6. The van der Waals surface area contributed by atoms with Gasteiger partial charge in [0.25, 0.3) is 13.4 Å². The maximum absolute atomic E-state index is 5.81. The van der Waals surface area contributed by atoms with Gasteiger partial charge in [0.2, 0.25) is 0 Å². The van der Waals surface area contributed by atoms with E-state index in [9.17, 15) is 0 Å². The third-order valence-electron chi connectivity index (χ3n) is 3.98. The van der Waals surface area contributed by atoms with Gasteiger partial charge in [-0.1, -0.05) is 60.8 Å². The SMILES string of the molecule is C=C(CCl)CCl.C=C(CCl)C[Si](Cl)(Cl)Cl.C=C1C[Si](Cl)(Cl)C1.ClC/C=C\CCl.ClC/C=C\C[Si](Cl)(Cl)Cl.Cl[SiH](Cl)Cl.Cl[SiH](Cl)Cl.Cl[Si]1(Cl)CC=CC1.[H-].[H-].[H-].[H-].[Mg+2].[Mg+2]. The molecule has 0 bridgehead atoms. The Hall–Kier alpha value is 7.65. The Bertz CT molecular complexity index is 942. The molecule has 2 aliphatic rings. The molecule has 0 atom stereocenters. The molecule has 0 N–H and O–H groups in total. The molecule has 320 valence electrons. The zero-order valence-electron chi connectivity index (χ0n) is 32.5. The van der Waals surface area contributed by atoms with Gasteiger partial charge in [0.1, 0.15) is 0 Å². The minimum Gasteiger partial charge on any atom is -1.00 e. The Balaban J connectivity index is -0.0000000416. The van der Waals surface area contributed by atoms with Crippen molar-refractivity contribution in [3.05, 3.63) is 72.9 Å². The molecule has 2 heterocycles. The summed E-state index contributed by atoms with van der Waals surface area (Å²) in [5.41, 5.74) is 2.89. The van der Waals surface area contributed by atoms with Gasteiger partial charge in [0, 0.05) is 47.4 Å². The van der Waals surface area contributed by atoms with Gasteiger partial charge in [-0.15, -0.1) is 253 Å². The average molecular weight is 1330 g/mol. The predicted molar refractivity (Wildman–Crippen MR) is 295 cm³/mol. The van der Waals surface area contributed by atoms with E-state index in [0.717, 1.165) is 35.3 Å². The molecule has 2 rings (SSSR count). The predicted octanol–water partition coefficient (Wildman–Crippen LogP) is 18.4. The molecule has 2 aliphatic heterocycles. The summed E-state index contributed by atoms with van der Waals surface area (Å²) < 4.78 is 0. The number of halogens is 22. The molecule has 0 amide bonds. The summed E-state index contributed by atoms with van der Waals surface area (Å²) in [7, 11) is 0. The molecule has 0 unspecified atom stereocenters. The van der Waals surface area contributed by atoms with E-state index in [0.29, 0.717) is 47.4 Å². The van der Waals surface area contributed by atoms with E-state index in [2.05, 4.69) is 31.9 Å². The van der Waals surface area contributed by atoms with Crippen molar-refractivity contribution in [2.45, 2.75) is 36.3 Å². The first kappa shape index (κ1) is 78.8. The molecule has 0 radical (unpaired) electrons. The van der Waals surface area contributed by atoms with E-state index >= 15 is 0 Å². The molecule has 0 aromatic carbocycles. The largest absolute Gasteiger partial charge is 2.00 e. The molecule has 0 aromatic heterocycles. The summed E-state index contributed by atoms with van der Waals surface area (Å²) in [6.07, 6.45) is 11.3. The fourth-order valence-electron chi connectivity index (χ4n) is 2.05. The van der Waals surface area contributed by atoms with E-state index in [1.54, 1.807) is 12.2 Å². The van der Waals surface area contributed by atoms with E-state index in [-0.39, 0.29) is 51.8 Å². The van der Waals surface area contributed by atoms with Gasteiger partial charge in [-0.25, -0.2) is 0 Å². The summed E-state index contributed by atoms with van der Waals surface area (Å²) in [6.45, 7) is 4.04. The van der Waals surface area contributed by atoms with E-state index in [4.69, 9.17) is 247 Å². The number of allylic oxidation sites excluding steroid dienone is 9. The van der Waals surface area contributed by atoms with E-state index in [1.165, 1.54) is 5.57 Å². The van der Waals surface area contributed by atoms with Crippen LogP contribution in [0.15, 0.2) is 72.9 Å². The fourth-order valence-corrected chi connectivity index (χ4v) is 12.5. The van der Waals surface area contributed by atoms with Crippen LogP contribution < -0.4 is 0 Å². The van der Waals surface area contributed by atoms with E-state index < -0.39 is 38.8 Å². The smallest absolute Gasteiger partial charge is 1.00 e. The Morgan fingerprint density at radius 1 is 0.593 bits per heavy atom. The normalized spacial score (nSPS) is 14.3. The minimum atomic E-state index is -2.51. The molecule has 1 fully saturated rings. The van der Waals surface area contributed by atoms with Crippen molar-refractivity contribution in [3.63, 3.8) is 0 Å². The zero-order chi connectivity index (χ0) is 42.6. The van der Waals surface area contributed by atoms with Gasteiger partial charge in [0.05, 0.1) is 0 Å². The first-order chi connectivity index (χ1) is 23.5. The Kier molecular flexibility index (Phi) is 75.3. The van der Waals surface area contributed by atoms with Gasteiger partial charge in [-0.3, -0.25) is 0 Å². The molecule has 0 spiro atoms. The minimum absolute atomic E-state index is 0. The van der Waals surface area contributed by atoms with Crippen LogP contribution in [-0.4, -0.2) is 120 Å². The zero-order valence-corrected chi connectivity index (χ0v) is 54.2. The number of alkyl halides is 6. The Morgan fingerprint density at radius 3 is 1.00 bits per heavy atom. The van der Waals surface area contributed by atoms with Crippen molar-refractivity contribution in [3.8, 4) is 0 Å². The van der Waals surface area contributed by atoms with Crippen LogP contribution in [0.3, 0.4) is 0 Å². The Morgan fingerprint density at radius 2 is 0.889 bits per heavy atom. The standard InChI is InChI=1S/2C4H6Cl4Si.2C4H6Cl2Si.2C4H6Cl2.2Cl3HSi.2Mg.4H/c1-4(2-5)3-9(6,7)8;5-3-1-2-4-9(6,7)8;1-4-2-7(5,6)3-4;5-7(6)3-1-2-4-7;1-4(2-5)3-6;5-3-1-2-4-6;2*1-4(2)3;;;;;;/h1-3H2;1-2H,3-4H2;1-3H2;1-2H,3-4H2;1-3H2;1-2H,3-4H2;2*4H;;;;;;/q;;;;;;;;2*+2;4*-1/b;2-1-;;;;2-1-;;;;;;;;. The van der Waals surface area contributed by atoms with Crippen LogP contribution in [0.5, 0.6) is 0 Å². The molecule has 1 saturated heterocycles. The molecule has 0 aromatic rings. The van der Waals surface area contributed by atoms with Crippen molar-refractivity contribution in [1.82, 2.24) is 0 Å². The number of rotatable bonds is 10. The second-order valence-electron chi connectivity index (χ2n) is 9.11. The summed E-state index contributed by atoms with van der Waals surface area (Å²) >= 11 is 118. The van der Waals surface area contributed by atoms with Crippen molar-refractivity contribution in [2.24, 2.45) is 0 Å². The number of hydrogen-bond donors (Lipinski definition) is 0.